The van der Waals surface area contributed by atoms with Gasteiger partial charge in [0.1, 0.15) is 0 Å². The zero-order chi connectivity index (χ0) is 13.7. The van der Waals surface area contributed by atoms with Gasteiger partial charge in [0, 0.05) is 13.1 Å². The van der Waals surface area contributed by atoms with E-state index < -0.39 is 0 Å². The molecule has 5 aliphatic rings. The van der Waals surface area contributed by atoms with E-state index in [2.05, 4.69) is 17.6 Å². The van der Waals surface area contributed by atoms with Crippen LogP contribution >= 0.6 is 0 Å². The van der Waals surface area contributed by atoms with Crippen LogP contribution in [0, 0.1) is 35.0 Å². The molecule has 3 nitrogen and oxygen atoms in total. The van der Waals surface area contributed by atoms with Crippen molar-refractivity contribution in [1.82, 2.24) is 10.6 Å². The highest BCUT2D eigenvalue weighted by molar-refractivity contribution is 5.79. The molecular formula is C17H28N2O. The average Bonchev–Trinajstić information content (AvgIpc) is 2.81. The summed E-state index contributed by atoms with van der Waals surface area (Å²) < 4.78 is 0. The van der Waals surface area contributed by atoms with Gasteiger partial charge in [-0.05, 0) is 74.2 Å². The van der Waals surface area contributed by atoms with E-state index in [9.17, 15) is 4.79 Å². The molecule has 20 heavy (non-hydrogen) atoms. The fraction of sp³-hybridized carbons (Fsp3) is 0.941. The van der Waals surface area contributed by atoms with Gasteiger partial charge in [-0.15, -0.1) is 0 Å². The van der Waals surface area contributed by atoms with Crippen LogP contribution in [0.3, 0.4) is 0 Å². The molecule has 1 heterocycles. The summed E-state index contributed by atoms with van der Waals surface area (Å²) in [6.45, 7) is 5.01. The average molecular weight is 276 g/mol. The van der Waals surface area contributed by atoms with Crippen molar-refractivity contribution in [3.63, 3.8) is 0 Å². The Hall–Kier alpha value is -0.570. The van der Waals surface area contributed by atoms with Gasteiger partial charge in [-0.1, -0.05) is 6.92 Å². The van der Waals surface area contributed by atoms with Crippen LogP contribution in [0.1, 0.15) is 45.4 Å². The Morgan fingerprint density at radius 1 is 1.10 bits per heavy atom. The van der Waals surface area contributed by atoms with Gasteiger partial charge in [0.25, 0.3) is 0 Å². The van der Waals surface area contributed by atoms with Crippen LogP contribution in [-0.4, -0.2) is 25.5 Å². The highest BCUT2D eigenvalue weighted by atomic mass is 16.1. The van der Waals surface area contributed by atoms with E-state index in [4.69, 9.17) is 0 Å². The first-order valence-corrected chi connectivity index (χ1v) is 8.62. The summed E-state index contributed by atoms with van der Waals surface area (Å²) in [6.07, 6.45) is 8.61. The van der Waals surface area contributed by atoms with Gasteiger partial charge in [0.05, 0.1) is 5.92 Å². The zero-order valence-corrected chi connectivity index (χ0v) is 12.7. The van der Waals surface area contributed by atoms with Gasteiger partial charge in [0.15, 0.2) is 0 Å². The van der Waals surface area contributed by atoms with Gasteiger partial charge >= 0.3 is 0 Å². The fourth-order valence-electron chi connectivity index (χ4n) is 6.07. The minimum absolute atomic E-state index is 0.198. The van der Waals surface area contributed by atoms with Crippen LogP contribution in [0.5, 0.6) is 0 Å². The van der Waals surface area contributed by atoms with Gasteiger partial charge in [-0.2, -0.15) is 0 Å². The fourth-order valence-corrected chi connectivity index (χ4v) is 6.07. The molecule has 2 N–H and O–H groups in total. The second-order valence-corrected chi connectivity index (χ2v) is 8.38. The van der Waals surface area contributed by atoms with Crippen LogP contribution in [0.15, 0.2) is 0 Å². The second-order valence-electron chi connectivity index (χ2n) is 8.38. The molecule has 2 atom stereocenters. The molecule has 112 valence electrons. The number of hydrogen-bond donors (Lipinski definition) is 2. The molecule has 4 aliphatic carbocycles. The van der Waals surface area contributed by atoms with Gasteiger partial charge < -0.3 is 10.6 Å². The van der Waals surface area contributed by atoms with E-state index in [1.54, 1.807) is 0 Å². The number of amides is 1. The van der Waals surface area contributed by atoms with Gasteiger partial charge in [-0.3, -0.25) is 4.79 Å². The molecule has 3 heteroatoms. The predicted molar refractivity (Wildman–Crippen MR) is 79.1 cm³/mol. The Morgan fingerprint density at radius 2 is 1.70 bits per heavy atom. The zero-order valence-electron chi connectivity index (χ0n) is 12.7. The normalized spacial score (nSPS) is 49.5. The van der Waals surface area contributed by atoms with E-state index in [0.717, 1.165) is 37.4 Å². The van der Waals surface area contributed by atoms with Crippen molar-refractivity contribution in [1.29, 1.82) is 0 Å². The molecule has 0 spiro atoms. The summed E-state index contributed by atoms with van der Waals surface area (Å²) >= 11 is 0. The van der Waals surface area contributed by atoms with E-state index >= 15 is 0 Å². The predicted octanol–water partition coefficient (Wildman–Crippen LogP) is 2.17. The Morgan fingerprint density at radius 3 is 2.20 bits per heavy atom. The molecule has 0 aromatic rings. The van der Waals surface area contributed by atoms with Crippen molar-refractivity contribution in [3.8, 4) is 0 Å². The third-order valence-electron chi connectivity index (χ3n) is 6.66. The van der Waals surface area contributed by atoms with Crippen molar-refractivity contribution >= 4 is 5.91 Å². The minimum Gasteiger partial charge on any atom is -0.355 e. The molecule has 0 unspecified atom stereocenters. The van der Waals surface area contributed by atoms with Crippen molar-refractivity contribution in [3.05, 3.63) is 0 Å². The highest BCUT2D eigenvalue weighted by Gasteiger charge is 2.50. The van der Waals surface area contributed by atoms with E-state index in [1.165, 1.54) is 38.5 Å². The first kappa shape index (κ1) is 13.1. The maximum Gasteiger partial charge on any atom is 0.224 e. The Labute approximate surface area is 122 Å². The van der Waals surface area contributed by atoms with Crippen LogP contribution < -0.4 is 10.6 Å². The summed E-state index contributed by atoms with van der Waals surface area (Å²) in [5, 5.41) is 6.67. The van der Waals surface area contributed by atoms with E-state index in [0.29, 0.717) is 17.2 Å². The molecule has 0 radical (unpaired) electrons. The number of carbonyl (C=O) groups excluding carboxylic acids is 1. The molecule has 4 saturated carbocycles. The molecule has 5 rings (SSSR count). The molecule has 1 aliphatic heterocycles. The van der Waals surface area contributed by atoms with E-state index in [-0.39, 0.29) is 5.92 Å². The molecule has 1 amide bonds. The standard InChI is InChI=1S/C17H28N2O/c1-11-8-18-9-15(11)16(20)19-10-17-5-12-2-13(6-17)4-14(3-12)7-17/h11-15,18H,2-10H2,1H3,(H,19,20)/t11-,12?,13?,14?,15-,17?/m1/s1. The van der Waals surface area contributed by atoms with Crippen molar-refractivity contribution in [2.75, 3.05) is 19.6 Å². The first-order valence-electron chi connectivity index (χ1n) is 8.62. The van der Waals surface area contributed by atoms with Crippen molar-refractivity contribution in [2.24, 2.45) is 35.0 Å². The third kappa shape index (κ3) is 2.18. The second kappa shape index (κ2) is 4.72. The highest BCUT2D eigenvalue weighted by Crippen LogP contribution is 2.59. The quantitative estimate of drug-likeness (QED) is 0.829. The summed E-state index contributed by atoms with van der Waals surface area (Å²) in [5.41, 5.74) is 0.472. The largest absolute Gasteiger partial charge is 0.355 e. The molecule has 0 aromatic heterocycles. The first-order chi connectivity index (χ1) is 9.63. The molecule has 1 saturated heterocycles. The molecule has 5 fully saturated rings. The Balaban J connectivity index is 1.38. The Kier molecular flexibility index (Phi) is 3.10. The Bertz CT molecular complexity index is 371. The number of rotatable bonds is 3. The summed E-state index contributed by atoms with van der Waals surface area (Å²) in [6, 6.07) is 0. The number of nitrogens with one attached hydrogen (secondary N) is 2. The van der Waals surface area contributed by atoms with Crippen LogP contribution in [0.2, 0.25) is 0 Å². The summed E-state index contributed by atoms with van der Waals surface area (Å²) in [4.78, 5) is 12.4. The van der Waals surface area contributed by atoms with E-state index in [1.807, 2.05) is 0 Å². The lowest BCUT2D eigenvalue weighted by Gasteiger charge is -2.57. The maximum atomic E-state index is 12.4. The summed E-state index contributed by atoms with van der Waals surface area (Å²) in [7, 11) is 0. The number of carbonyl (C=O) groups is 1. The van der Waals surface area contributed by atoms with Crippen LogP contribution in [-0.2, 0) is 4.79 Å². The SMILES string of the molecule is C[C@@H]1CNC[C@H]1C(=O)NCC12CC3CC(CC(C3)C1)C2. The lowest BCUT2D eigenvalue weighted by Crippen LogP contribution is -2.52. The minimum atomic E-state index is 0.198. The van der Waals surface area contributed by atoms with Crippen LogP contribution in [0.4, 0.5) is 0 Å². The third-order valence-corrected chi connectivity index (χ3v) is 6.66. The van der Waals surface area contributed by atoms with Crippen molar-refractivity contribution in [2.45, 2.75) is 45.4 Å². The summed E-state index contributed by atoms with van der Waals surface area (Å²) in [5.74, 6) is 3.93. The van der Waals surface area contributed by atoms with Gasteiger partial charge in [-0.25, -0.2) is 0 Å². The smallest absolute Gasteiger partial charge is 0.224 e. The van der Waals surface area contributed by atoms with Crippen LogP contribution in [0.25, 0.3) is 0 Å². The van der Waals surface area contributed by atoms with Gasteiger partial charge in [0.2, 0.25) is 5.91 Å². The maximum absolute atomic E-state index is 12.4. The van der Waals surface area contributed by atoms with Crippen molar-refractivity contribution < 1.29 is 4.79 Å². The molecule has 4 bridgehead atoms. The monoisotopic (exact) mass is 276 g/mol. The topological polar surface area (TPSA) is 41.1 Å². The number of hydrogen-bond acceptors (Lipinski definition) is 2. The lowest BCUT2D eigenvalue weighted by atomic mass is 9.49. The lowest BCUT2D eigenvalue weighted by molar-refractivity contribution is -0.127. The molecular weight excluding hydrogens is 248 g/mol. The molecule has 0 aromatic carbocycles.